The number of likely N-dealkylation sites (tertiary alicyclic amines) is 1. The van der Waals surface area contributed by atoms with Crippen molar-refractivity contribution in [3.63, 3.8) is 0 Å². The molecule has 5 nitrogen and oxygen atoms in total. The lowest BCUT2D eigenvalue weighted by molar-refractivity contribution is -0.902. The molecule has 1 saturated carbocycles. The summed E-state index contributed by atoms with van der Waals surface area (Å²) in [6.07, 6.45) is 6.67. The van der Waals surface area contributed by atoms with Gasteiger partial charge in [-0.05, 0) is 55.9 Å². The molecule has 2 amide bonds. The predicted octanol–water partition coefficient (Wildman–Crippen LogP) is 1.91. The maximum Gasteiger partial charge on any atom is 0.275 e. The van der Waals surface area contributed by atoms with E-state index < -0.39 is 0 Å². The molecule has 1 unspecified atom stereocenters. The van der Waals surface area contributed by atoms with E-state index in [1.54, 1.807) is 0 Å². The van der Waals surface area contributed by atoms with Crippen LogP contribution in [0.3, 0.4) is 0 Å². The third-order valence-electron chi connectivity index (χ3n) is 5.81. The first-order valence-electron chi connectivity index (χ1n) is 9.67. The number of anilines is 1. The molecule has 0 bridgehead atoms. The fraction of sp³-hybridized carbons (Fsp3) is 0.600. The highest BCUT2D eigenvalue weighted by Crippen LogP contribution is 2.32. The zero-order valence-corrected chi connectivity index (χ0v) is 17.0. The second-order valence-corrected chi connectivity index (χ2v) is 8.67. The Balaban J connectivity index is 1.40. The maximum absolute atomic E-state index is 12.2. The summed E-state index contributed by atoms with van der Waals surface area (Å²) < 4.78 is 0.978. The molecule has 1 aromatic carbocycles. The van der Waals surface area contributed by atoms with E-state index in [9.17, 15) is 9.59 Å². The molecule has 3 N–H and O–H groups in total. The van der Waals surface area contributed by atoms with Gasteiger partial charge in [-0.15, -0.1) is 0 Å². The average Bonchev–Trinajstić information content (AvgIpc) is 2.62. The fourth-order valence-corrected chi connectivity index (χ4v) is 4.86. The minimum Gasteiger partial charge on any atom is -0.342 e. The molecular weight excluding hydrogens is 394 g/mol. The Morgan fingerprint density at radius 2 is 1.92 bits per heavy atom. The van der Waals surface area contributed by atoms with E-state index in [0.717, 1.165) is 40.6 Å². The standard InChI is InChI=1S/C20H28BrN3O2/c1-14-10-17(21)6-7-18(14)23-19(25)11-22-20(26)13-24-9-8-15-4-2-3-5-16(15)12-24/h6-7,10,15-16H,2-5,8-9,11-13H2,1H3,(H,22,26)(H,23,25)/p+1/t15-,16+/m0/s1. The first-order valence-corrected chi connectivity index (χ1v) is 10.5. The van der Waals surface area contributed by atoms with E-state index in [-0.39, 0.29) is 18.4 Å². The van der Waals surface area contributed by atoms with Crippen LogP contribution in [-0.4, -0.2) is 38.0 Å². The number of amides is 2. The van der Waals surface area contributed by atoms with Crippen molar-refractivity contribution in [2.24, 2.45) is 11.8 Å². The van der Waals surface area contributed by atoms with Crippen LogP contribution < -0.4 is 15.5 Å². The van der Waals surface area contributed by atoms with Crippen LogP contribution in [0.5, 0.6) is 0 Å². The monoisotopic (exact) mass is 422 g/mol. The normalized spacial score (nSPS) is 25.2. The molecule has 0 radical (unpaired) electrons. The lowest BCUT2D eigenvalue weighted by Gasteiger charge is -2.38. The molecule has 3 atom stereocenters. The predicted molar refractivity (Wildman–Crippen MR) is 106 cm³/mol. The lowest BCUT2D eigenvalue weighted by atomic mass is 9.75. The van der Waals surface area contributed by atoms with Crippen LogP contribution >= 0.6 is 15.9 Å². The molecule has 6 heteroatoms. The van der Waals surface area contributed by atoms with Crippen LogP contribution in [0.25, 0.3) is 0 Å². The van der Waals surface area contributed by atoms with Crippen LogP contribution in [0.1, 0.15) is 37.7 Å². The highest BCUT2D eigenvalue weighted by molar-refractivity contribution is 9.10. The Bertz CT molecular complexity index is 664. The molecule has 2 fully saturated rings. The molecule has 1 heterocycles. The van der Waals surface area contributed by atoms with Gasteiger partial charge in [0.15, 0.2) is 6.54 Å². The molecule has 3 rings (SSSR count). The quantitative estimate of drug-likeness (QED) is 0.678. The number of nitrogens with one attached hydrogen (secondary N) is 3. The topological polar surface area (TPSA) is 62.6 Å². The van der Waals surface area contributed by atoms with Gasteiger partial charge in [-0.1, -0.05) is 28.8 Å². The number of benzene rings is 1. The Morgan fingerprint density at radius 1 is 1.15 bits per heavy atom. The van der Waals surface area contributed by atoms with Gasteiger partial charge in [0.2, 0.25) is 5.91 Å². The molecule has 26 heavy (non-hydrogen) atoms. The molecule has 1 aromatic rings. The zero-order valence-electron chi connectivity index (χ0n) is 15.4. The number of halogens is 1. The van der Waals surface area contributed by atoms with Crippen molar-refractivity contribution in [1.82, 2.24) is 5.32 Å². The van der Waals surface area contributed by atoms with Gasteiger partial charge in [-0.25, -0.2) is 0 Å². The van der Waals surface area contributed by atoms with Crippen molar-refractivity contribution in [1.29, 1.82) is 0 Å². The van der Waals surface area contributed by atoms with E-state index in [4.69, 9.17) is 0 Å². The SMILES string of the molecule is Cc1cc(Br)ccc1NC(=O)CNC(=O)C[NH+]1CC[C@@H]2CCCC[C@@H]2C1. The van der Waals surface area contributed by atoms with Gasteiger partial charge in [0.05, 0.1) is 19.6 Å². The van der Waals surface area contributed by atoms with Gasteiger partial charge >= 0.3 is 0 Å². The average molecular weight is 423 g/mol. The van der Waals surface area contributed by atoms with Crippen LogP contribution in [0.4, 0.5) is 5.69 Å². The molecule has 1 aliphatic carbocycles. The molecule has 1 aliphatic heterocycles. The summed E-state index contributed by atoms with van der Waals surface area (Å²) in [7, 11) is 0. The summed E-state index contributed by atoms with van der Waals surface area (Å²) in [5.41, 5.74) is 1.76. The van der Waals surface area contributed by atoms with Crippen molar-refractivity contribution >= 4 is 33.4 Å². The van der Waals surface area contributed by atoms with Crippen LogP contribution in [0.2, 0.25) is 0 Å². The van der Waals surface area contributed by atoms with Crippen LogP contribution in [0.15, 0.2) is 22.7 Å². The number of piperidine rings is 1. The van der Waals surface area contributed by atoms with Gasteiger partial charge in [0.1, 0.15) is 0 Å². The Kier molecular flexibility index (Phi) is 6.70. The smallest absolute Gasteiger partial charge is 0.275 e. The summed E-state index contributed by atoms with van der Waals surface area (Å²) in [5.74, 6) is 1.46. The van der Waals surface area contributed by atoms with E-state index in [0.29, 0.717) is 6.54 Å². The van der Waals surface area contributed by atoms with Crippen molar-refractivity contribution in [2.45, 2.75) is 39.0 Å². The van der Waals surface area contributed by atoms with E-state index >= 15 is 0 Å². The molecular formula is C20H29BrN3O2+. The number of carbonyl (C=O) groups excluding carboxylic acids is 2. The molecule has 1 saturated heterocycles. The highest BCUT2D eigenvalue weighted by atomic mass is 79.9. The van der Waals surface area contributed by atoms with Crippen molar-refractivity contribution in [3.8, 4) is 0 Å². The van der Waals surface area contributed by atoms with E-state index in [1.807, 2.05) is 25.1 Å². The summed E-state index contributed by atoms with van der Waals surface area (Å²) in [6, 6.07) is 5.70. The van der Waals surface area contributed by atoms with Crippen LogP contribution in [-0.2, 0) is 9.59 Å². The number of aryl methyl sites for hydroxylation is 1. The second-order valence-electron chi connectivity index (χ2n) is 7.76. The van der Waals surface area contributed by atoms with Gasteiger partial charge in [0, 0.05) is 16.1 Å². The van der Waals surface area contributed by atoms with Crippen molar-refractivity contribution in [3.05, 3.63) is 28.2 Å². The van der Waals surface area contributed by atoms with Gasteiger partial charge in [-0.2, -0.15) is 0 Å². The maximum atomic E-state index is 12.2. The fourth-order valence-electron chi connectivity index (χ4n) is 4.39. The number of rotatable bonds is 5. The summed E-state index contributed by atoms with van der Waals surface area (Å²) in [5, 5.41) is 5.62. The highest BCUT2D eigenvalue weighted by Gasteiger charge is 2.34. The second kappa shape index (κ2) is 9.00. The Morgan fingerprint density at radius 3 is 2.69 bits per heavy atom. The lowest BCUT2D eigenvalue weighted by Crippen LogP contribution is -3.15. The third kappa shape index (κ3) is 5.30. The zero-order chi connectivity index (χ0) is 18.5. The molecule has 142 valence electrons. The summed E-state index contributed by atoms with van der Waals surface area (Å²) in [6.45, 7) is 4.64. The minimum absolute atomic E-state index is 0.0215. The summed E-state index contributed by atoms with van der Waals surface area (Å²) >= 11 is 3.41. The molecule has 2 aliphatic rings. The number of hydrogen-bond acceptors (Lipinski definition) is 2. The Hall–Kier alpha value is -1.40. The van der Waals surface area contributed by atoms with Gasteiger partial charge in [0.25, 0.3) is 5.91 Å². The van der Waals surface area contributed by atoms with Gasteiger partial charge < -0.3 is 15.5 Å². The van der Waals surface area contributed by atoms with E-state index in [1.165, 1.54) is 37.0 Å². The number of hydrogen-bond donors (Lipinski definition) is 3. The van der Waals surface area contributed by atoms with E-state index in [2.05, 4.69) is 26.6 Å². The van der Waals surface area contributed by atoms with Crippen molar-refractivity contribution in [2.75, 3.05) is 31.5 Å². The first-order chi connectivity index (χ1) is 12.5. The molecule has 0 spiro atoms. The third-order valence-corrected chi connectivity index (χ3v) is 6.30. The van der Waals surface area contributed by atoms with Gasteiger partial charge in [-0.3, -0.25) is 9.59 Å². The number of fused-ring (bicyclic) bond motifs is 1. The molecule has 0 aromatic heterocycles. The van der Waals surface area contributed by atoms with Crippen molar-refractivity contribution < 1.29 is 14.5 Å². The van der Waals surface area contributed by atoms with Crippen LogP contribution in [0, 0.1) is 18.8 Å². The Labute approximate surface area is 164 Å². The summed E-state index contributed by atoms with van der Waals surface area (Å²) in [4.78, 5) is 25.7. The largest absolute Gasteiger partial charge is 0.342 e. The minimum atomic E-state index is -0.190. The first kappa shape index (κ1) is 19.4. The number of carbonyl (C=O) groups is 2. The number of quaternary nitrogens is 1.